The minimum absolute atomic E-state index is 0.279. The molecule has 1 heterocycles. The second-order valence-electron chi connectivity index (χ2n) is 4.52. The van der Waals surface area contributed by atoms with E-state index in [1.54, 1.807) is 26.4 Å². The van der Waals surface area contributed by atoms with Gasteiger partial charge in [0.15, 0.2) is 11.5 Å². The maximum Gasteiger partial charge on any atom is 0.321 e. The van der Waals surface area contributed by atoms with E-state index in [-0.39, 0.29) is 11.9 Å². The standard InChI is InChI=1S/C15H19N3O4/c1-4-7-16-15(19)18-14-11(9-17-22-14)10-5-6-12(20-2)13(8-10)21-3/h5-6,8-9H,4,7H2,1-3H3,(H2,16,18,19). The van der Waals surface area contributed by atoms with Gasteiger partial charge in [-0.05, 0) is 24.1 Å². The first kappa shape index (κ1) is 15.7. The zero-order valence-electron chi connectivity index (χ0n) is 12.8. The average molecular weight is 305 g/mol. The highest BCUT2D eigenvalue weighted by Crippen LogP contribution is 2.35. The molecular weight excluding hydrogens is 286 g/mol. The molecule has 0 aliphatic rings. The van der Waals surface area contributed by atoms with Crippen LogP contribution < -0.4 is 20.1 Å². The Bertz CT molecular complexity index is 639. The monoisotopic (exact) mass is 305 g/mol. The average Bonchev–Trinajstić information content (AvgIpc) is 3.00. The van der Waals surface area contributed by atoms with Crippen LogP contribution in [0.5, 0.6) is 11.5 Å². The first-order valence-electron chi connectivity index (χ1n) is 6.91. The summed E-state index contributed by atoms with van der Waals surface area (Å²) in [7, 11) is 3.13. The van der Waals surface area contributed by atoms with Crippen LogP contribution in [0.15, 0.2) is 28.9 Å². The molecule has 2 amide bonds. The van der Waals surface area contributed by atoms with Gasteiger partial charge in [-0.15, -0.1) is 0 Å². The summed E-state index contributed by atoms with van der Waals surface area (Å²) in [6, 6.07) is 5.08. The highest BCUT2D eigenvalue weighted by Gasteiger charge is 2.15. The largest absolute Gasteiger partial charge is 0.493 e. The molecule has 0 aliphatic heterocycles. The van der Waals surface area contributed by atoms with Gasteiger partial charge in [0.05, 0.1) is 26.0 Å². The lowest BCUT2D eigenvalue weighted by Gasteiger charge is -2.09. The number of hydrogen-bond donors (Lipinski definition) is 2. The Hall–Kier alpha value is -2.70. The number of nitrogens with zero attached hydrogens (tertiary/aromatic N) is 1. The molecule has 0 radical (unpaired) electrons. The van der Waals surface area contributed by atoms with E-state index in [4.69, 9.17) is 14.0 Å². The van der Waals surface area contributed by atoms with Crippen molar-refractivity contribution in [1.29, 1.82) is 0 Å². The minimum Gasteiger partial charge on any atom is -0.493 e. The summed E-state index contributed by atoms with van der Waals surface area (Å²) in [5.41, 5.74) is 1.46. The van der Waals surface area contributed by atoms with E-state index < -0.39 is 0 Å². The van der Waals surface area contributed by atoms with Crippen LogP contribution in [0, 0.1) is 0 Å². The van der Waals surface area contributed by atoms with Crippen LogP contribution in [0.4, 0.5) is 10.7 Å². The molecule has 0 saturated heterocycles. The number of hydrogen-bond acceptors (Lipinski definition) is 5. The molecule has 1 aromatic carbocycles. The number of anilines is 1. The maximum atomic E-state index is 11.7. The third-order valence-corrected chi connectivity index (χ3v) is 3.03. The normalized spacial score (nSPS) is 10.1. The lowest BCUT2D eigenvalue weighted by molar-refractivity contribution is 0.251. The van der Waals surface area contributed by atoms with E-state index in [1.807, 2.05) is 13.0 Å². The maximum absolute atomic E-state index is 11.7. The SMILES string of the molecule is CCCNC(=O)Nc1oncc1-c1ccc(OC)c(OC)c1. The third kappa shape index (κ3) is 3.49. The molecule has 0 saturated carbocycles. The lowest BCUT2D eigenvalue weighted by Crippen LogP contribution is -2.29. The second-order valence-corrected chi connectivity index (χ2v) is 4.52. The fourth-order valence-electron chi connectivity index (χ4n) is 1.92. The van der Waals surface area contributed by atoms with E-state index in [2.05, 4.69) is 15.8 Å². The summed E-state index contributed by atoms with van der Waals surface area (Å²) in [6.45, 7) is 2.56. The van der Waals surface area contributed by atoms with Crippen molar-refractivity contribution in [2.45, 2.75) is 13.3 Å². The van der Waals surface area contributed by atoms with E-state index in [0.717, 1.165) is 12.0 Å². The number of carbonyl (C=O) groups excluding carboxylic acids is 1. The molecule has 2 rings (SSSR count). The van der Waals surface area contributed by atoms with Crippen molar-refractivity contribution in [2.75, 3.05) is 26.1 Å². The van der Waals surface area contributed by atoms with Gasteiger partial charge in [-0.25, -0.2) is 4.79 Å². The van der Waals surface area contributed by atoms with E-state index in [0.29, 0.717) is 23.6 Å². The van der Waals surface area contributed by atoms with Crippen molar-refractivity contribution >= 4 is 11.9 Å². The topological polar surface area (TPSA) is 85.6 Å². The van der Waals surface area contributed by atoms with Crippen LogP contribution in [0.2, 0.25) is 0 Å². The van der Waals surface area contributed by atoms with Gasteiger partial charge in [0.25, 0.3) is 0 Å². The van der Waals surface area contributed by atoms with Crippen LogP contribution in [0.1, 0.15) is 13.3 Å². The van der Waals surface area contributed by atoms with Crippen molar-refractivity contribution in [3.05, 3.63) is 24.4 Å². The molecule has 7 heteroatoms. The summed E-state index contributed by atoms with van der Waals surface area (Å²) in [5, 5.41) is 9.09. The number of rotatable bonds is 6. The molecule has 0 atom stereocenters. The Morgan fingerprint density at radius 1 is 1.27 bits per heavy atom. The summed E-state index contributed by atoms with van der Waals surface area (Å²) >= 11 is 0. The molecule has 0 spiro atoms. The Morgan fingerprint density at radius 3 is 2.73 bits per heavy atom. The molecule has 0 aliphatic carbocycles. The van der Waals surface area contributed by atoms with Crippen molar-refractivity contribution < 1.29 is 18.8 Å². The molecule has 2 aromatic rings. The molecule has 0 unspecified atom stereocenters. The van der Waals surface area contributed by atoms with Gasteiger partial charge in [0.2, 0.25) is 5.88 Å². The molecule has 7 nitrogen and oxygen atoms in total. The number of benzene rings is 1. The summed E-state index contributed by atoms with van der Waals surface area (Å²) in [5.74, 6) is 1.49. The van der Waals surface area contributed by atoms with Gasteiger partial charge >= 0.3 is 6.03 Å². The van der Waals surface area contributed by atoms with E-state index in [1.165, 1.54) is 6.20 Å². The van der Waals surface area contributed by atoms with Crippen molar-refractivity contribution in [1.82, 2.24) is 10.5 Å². The Morgan fingerprint density at radius 2 is 2.05 bits per heavy atom. The quantitative estimate of drug-likeness (QED) is 0.857. The molecule has 0 fully saturated rings. The van der Waals surface area contributed by atoms with Crippen LogP contribution in [0.3, 0.4) is 0 Å². The summed E-state index contributed by atoms with van der Waals surface area (Å²) < 4.78 is 15.6. The predicted molar refractivity (Wildman–Crippen MR) is 82.4 cm³/mol. The van der Waals surface area contributed by atoms with Crippen molar-refractivity contribution in [2.24, 2.45) is 0 Å². The van der Waals surface area contributed by atoms with Crippen LogP contribution >= 0.6 is 0 Å². The fraction of sp³-hybridized carbons (Fsp3) is 0.333. The Balaban J connectivity index is 2.23. The number of methoxy groups -OCH3 is 2. The van der Waals surface area contributed by atoms with Gasteiger partial charge in [0.1, 0.15) is 0 Å². The third-order valence-electron chi connectivity index (χ3n) is 3.03. The Kier molecular flexibility index (Phi) is 5.24. The van der Waals surface area contributed by atoms with Gasteiger partial charge in [-0.2, -0.15) is 0 Å². The summed E-state index contributed by atoms with van der Waals surface area (Å²) in [4.78, 5) is 11.7. The first-order chi connectivity index (χ1) is 10.7. The first-order valence-corrected chi connectivity index (χ1v) is 6.91. The highest BCUT2D eigenvalue weighted by molar-refractivity contribution is 5.92. The van der Waals surface area contributed by atoms with Gasteiger partial charge < -0.3 is 19.3 Å². The predicted octanol–water partition coefficient (Wildman–Crippen LogP) is 2.89. The zero-order chi connectivity index (χ0) is 15.9. The number of amides is 2. The smallest absolute Gasteiger partial charge is 0.321 e. The zero-order valence-corrected chi connectivity index (χ0v) is 12.8. The lowest BCUT2D eigenvalue weighted by atomic mass is 10.1. The van der Waals surface area contributed by atoms with Crippen LogP contribution in [-0.4, -0.2) is 32.0 Å². The number of ether oxygens (including phenoxy) is 2. The number of nitrogens with one attached hydrogen (secondary N) is 2. The van der Waals surface area contributed by atoms with Gasteiger partial charge in [0, 0.05) is 6.54 Å². The van der Waals surface area contributed by atoms with Gasteiger partial charge in [-0.3, -0.25) is 5.32 Å². The minimum atomic E-state index is -0.333. The fourth-order valence-corrected chi connectivity index (χ4v) is 1.92. The molecule has 22 heavy (non-hydrogen) atoms. The molecule has 0 bridgehead atoms. The molecule has 118 valence electrons. The van der Waals surface area contributed by atoms with Crippen molar-refractivity contribution in [3.63, 3.8) is 0 Å². The van der Waals surface area contributed by atoms with Crippen LogP contribution in [-0.2, 0) is 0 Å². The number of urea groups is 1. The Labute approximate surface area is 128 Å². The van der Waals surface area contributed by atoms with Crippen molar-refractivity contribution in [3.8, 4) is 22.6 Å². The summed E-state index contributed by atoms with van der Waals surface area (Å²) in [6.07, 6.45) is 2.39. The number of carbonyl (C=O) groups is 1. The molecule has 2 N–H and O–H groups in total. The molecule has 1 aromatic heterocycles. The van der Waals surface area contributed by atoms with E-state index in [9.17, 15) is 4.79 Å². The van der Waals surface area contributed by atoms with Crippen LogP contribution in [0.25, 0.3) is 11.1 Å². The molecular formula is C15H19N3O4. The van der Waals surface area contributed by atoms with E-state index >= 15 is 0 Å². The second kappa shape index (κ2) is 7.35. The van der Waals surface area contributed by atoms with Gasteiger partial charge in [-0.1, -0.05) is 18.1 Å². The highest BCUT2D eigenvalue weighted by atomic mass is 16.5. The number of aromatic nitrogens is 1.